The zero-order valence-electron chi connectivity index (χ0n) is 9.94. The smallest absolute Gasteiger partial charge is 0.129 e. The molecule has 0 atom stereocenters. The number of aryl methyl sites for hydroxylation is 1. The highest BCUT2D eigenvalue weighted by atomic mass is 16.5. The molecule has 0 spiro atoms. The normalized spacial score (nSPS) is 15.6. The van der Waals surface area contributed by atoms with Crippen LogP contribution in [0, 0.1) is 0 Å². The van der Waals surface area contributed by atoms with Gasteiger partial charge in [0.1, 0.15) is 18.1 Å². The first kappa shape index (κ1) is 9.95. The number of pyridine rings is 1. The topological polar surface area (TPSA) is 42.4 Å². The first-order chi connectivity index (χ1) is 8.83. The van der Waals surface area contributed by atoms with Crippen molar-refractivity contribution in [2.24, 2.45) is 0 Å². The van der Waals surface area contributed by atoms with Gasteiger partial charge in [0.05, 0.1) is 5.69 Å². The Kier molecular flexibility index (Phi) is 1.92. The molecule has 3 heteroatoms. The van der Waals surface area contributed by atoms with Gasteiger partial charge >= 0.3 is 0 Å². The molecule has 2 heterocycles. The van der Waals surface area contributed by atoms with E-state index in [9.17, 15) is 5.11 Å². The van der Waals surface area contributed by atoms with Crippen molar-refractivity contribution in [1.29, 1.82) is 0 Å². The summed E-state index contributed by atoms with van der Waals surface area (Å²) in [7, 11) is 0. The average molecular weight is 239 g/mol. The van der Waals surface area contributed by atoms with Crippen molar-refractivity contribution < 1.29 is 9.84 Å². The molecule has 2 aromatic rings. The molecular formula is C15H13NO2. The predicted octanol–water partition coefficient (Wildman–Crippen LogP) is 2.84. The van der Waals surface area contributed by atoms with Crippen LogP contribution in [0.1, 0.15) is 23.1 Å². The van der Waals surface area contributed by atoms with E-state index < -0.39 is 0 Å². The molecule has 1 aliphatic heterocycles. The fraction of sp³-hybridized carbons (Fsp3) is 0.267. The minimum atomic E-state index is 0.257. The number of rotatable bonds is 0. The standard InChI is InChI=1S/C15H13NO2/c17-10-4-5-14-12(6-10)15-13(8-18-14)11-3-1-2-9(11)7-16-15/h4-7,17H,1-3,8H2. The van der Waals surface area contributed by atoms with Crippen molar-refractivity contribution in [1.82, 2.24) is 4.98 Å². The molecule has 18 heavy (non-hydrogen) atoms. The maximum Gasteiger partial charge on any atom is 0.129 e. The van der Waals surface area contributed by atoms with Crippen LogP contribution in [0.25, 0.3) is 11.3 Å². The van der Waals surface area contributed by atoms with E-state index in [-0.39, 0.29) is 5.75 Å². The molecular weight excluding hydrogens is 226 g/mol. The largest absolute Gasteiger partial charge is 0.508 e. The third-order valence-corrected chi connectivity index (χ3v) is 3.85. The van der Waals surface area contributed by atoms with Crippen LogP contribution in [-0.2, 0) is 19.4 Å². The highest BCUT2D eigenvalue weighted by Crippen LogP contribution is 2.41. The summed E-state index contributed by atoms with van der Waals surface area (Å²) in [6, 6.07) is 5.20. The van der Waals surface area contributed by atoms with Crippen LogP contribution in [0.3, 0.4) is 0 Å². The van der Waals surface area contributed by atoms with Crippen molar-refractivity contribution >= 4 is 0 Å². The second-order valence-corrected chi connectivity index (χ2v) is 4.91. The van der Waals surface area contributed by atoms with Crippen molar-refractivity contribution in [2.75, 3.05) is 0 Å². The number of nitrogens with zero attached hydrogens (tertiary/aromatic N) is 1. The molecule has 90 valence electrons. The van der Waals surface area contributed by atoms with Crippen molar-refractivity contribution in [3.8, 4) is 22.8 Å². The number of hydrogen-bond donors (Lipinski definition) is 1. The molecule has 0 fully saturated rings. The van der Waals surface area contributed by atoms with Gasteiger partial charge in [-0.1, -0.05) is 0 Å². The van der Waals surface area contributed by atoms with Gasteiger partial charge in [-0.05, 0) is 48.6 Å². The molecule has 0 bridgehead atoms. The number of fused-ring (bicyclic) bond motifs is 5. The number of aromatic nitrogens is 1. The first-order valence-corrected chi connectivity index (χ1v) is 6.29. The monoisotopic (exact) mass is 239 g/mol. The first-order valence-electron chi connectivity index (χ1n) is 6.29. The minimum absolute atomic E-state index is 0.257. The maximum absolute atomic E-state index is 9.62. The summed E-state index contributed by atoms with van der Waals surface area (Å²) < 4.78 is 5.78. The van der Waals surface area contributed by atoms with E-state index in [2.05, 4.69) is 4.98 Å². The molecule has 0 unspecified atom stereocenters. The molecule has 1 N–H and O–H groups in total. The lowest BCUT2D eigenvalue weighted by molar-refractivity contribution is 0.299. The van der Waals surface area contributed by atoms with Crippen LogP contribution in [0.15, 0.2) is 24.4 Å². The molecule has 4 rings (SSSR count). The predicted molar refractivity (Wildman–Crippen MR) is 67.7 cm³/mol. The van der Waals surface area contributed by atoms with E-state index in [0.717, 1.165) is 29.8 Å². The van der Waals surface area contributed by atoms with Crippen LogP contribution >= 0.6 is 0 Å². The van der Waals surface area contributed by atoms with E-state index in [0.29, 0.717) is 6.61 Å². The fourth-order valence-corrected chi connectivity index (χ4v) is 2.98. The summed E-state index contributed by atoms with van der Waals surface area (Å²) in [5.74, 6) is 1.07. The Morgan fingerprint density at radius 1 is 1.17 bits per heavy atom. The van der Waals surface area contributed by atoms with Gasteiger partial charge in [-0.25, -0.2) is 0 Å². The minimum Gasteiger partial charge on any atom is -0.508 e. The number of aromatic hydroxyl groups is 1. The zero-order valence-corrected chi connectivity index (χ0v) is 9.94. The van der Waals surface area contributed by atoms with Crippen molar-refractivity contribution in [3.63, 3.8) is 0 Å². The quantitative estimate of drug-likeness (QED) is 0.768. The second kappa shape index (κ2) is 3.48. The second-order valence-electron chi connectivity index (χ2n) is 4.91. The number of hydrogen-bond acceptors (Lipinski definition) is 3. The summed E-state index contributed by atoms with van der Waals surface area (Å²) in [6.45, 7) is 0.600. The highest BCUT2D eigenvalue weighted by Gasteiger charge is 2.25. The highest BCUT2D eigenvalue weighted by molar-refractivity contribution is 5.74. The Labute approximate surface area is 105 Å². The van der Waals surface area contributed by atoms with E-state index in [4.69, 9.17) is 4.74 Å². The zero-order chi connectivity index (χ0) is 12.1. The Hall–Kier alpha value is -2.03. The summed E-state index contributed by atoms with van der Waals surface area (Å²) in [5.41, 5.74) is 5.87. The van der Waals surface area contributed by atoms with Crippen LogP contribution < -0.4 is 4.74 Å². The summed E-state index contributed by atoms with van der Waals surface area (Å²) in [5, 5.41) is 9.62. The Morgan fingerprint density at radius 2 is 2.11 bits per heavy atom. The number of ether oxygens (including phenoxy) is 1. The van der Waals surface area contributed by atoms with Gasteiger partial charge in [-0.15, -0.1) is 0 Å². The molecule has 3 nitrogen and oxygen atoms in total. The molecule has 0 radical (unpaired) electrons. The lowest BCUT2D eigenvalue weighted by atomic mass is 9.96. The van der Waals surface area contributed by atoms with Crippen LogP contribution in [0.5, 0.6) is 11.5 Å². The van der Waals surface area contributed by atoms with Crippen LogP contribution in [-0.4, -0.2) is 10.1 Å². The third kappa shape index (κ3) is 1.27. The van der Waals surface area contributed by atoms with Gasteiger partial charge in [0.2, 0.25) is 0 Å². The Morgan fingerprint density at radius 3 is 3.06 bits per heavy atom. The molecule has 0 amide bonds. The lowest BCUT2D eigenvalue weighted by Crippen LogP contribution is -2.10. The Bertz CT molecular complexity index is 649. The molecule has 0 saturated heterocycles. The van der Waals surface area contributed by atoms with Crippen molar-refractivity contribution in [3.05, 3.63) is 41.1 Å². The average Bonchev–Trinajstić information content (AvgIpc) is 2.86. The van der Waals surface area contributed by atoms with E-state index >= 15 is 0 Å². The molecule has 1 aromatic heterocycles. The van der Waals surface area contributed by atoms with Crippen LogP contribution in [0.4, 0.5) is 0 Å². The molecule has 0 saturated carbocycles. The molecule has 1 aliphatic carbocycles. The number of phenols is 1. The van der Waals surface area contributed by atoms with Crippen molar-refractivity contribution in [2.45, 2.75) is 25.9 Å². The van der Waals surface area contributed by atoms with E-state index in [1.54, 1.807) is 12.1 Å². The fourth-order valence-electron chi connectivity index (χ4n) is 2.98. The molecule has 2 aliphatic rings. The third-order valence-electron chi connectivity index (χ3n) is 3.85. The maximum atomic E-state index is 9.62. The van der Waals surface area contributed by atoms with E-state index in [1.807, 2.05) is 12.3 Å². The number of benzene rings is 1. The van der Waals surface area contributed by atoms with Gasteiger partial charge in [0.25, 0.3) is 0 Å². The SMILES string of the molecule is Oc1ccc2c(c1)-c1ncc3c(c1CO2)CCC3. The lowest BCUT2D eigenvalue weighted by Gasteiger charge is -2.22. The summed E-state index contributed by atoms with van der Waals surface area (Å²) in [6.07, 6.45) is 5.45. The summed E-state index contributed by atoms with van der Waals surface area (Å²) >= 11 is 0. The van der Waals surface area contributed by atoms with Gasteiger partial charge in [0, 0.05) is 17.3 Å². The van der Waals surface area contributed by atoms with E-state index in [1.165, 1.54) is 23.1 Å². The van der Waals surface area contributed by atoms with Gasteiger partial charge in [-0.3, -0.25) is 4.98 Å². The molecule has 1 aromatic carbocycles. The Balaban J connectivity index is 1.99. The van der Waals surface area contributed by atoms with Gasteiger partial charge < -0.3 is 9.84 Å². The van der Waals surface area contributed by atoms with Gasteiger partial charge in [-0.2, -0.15) is 0 Å². The van der Waals surface area contributed by atoms with Crippen LogP contribution in [0.2, 0.25) is 0 Å². The summed E-state index contributed by atoms with van der Waals surface area (Å²) in [4.78, 5) is 4.58. The van der Waals surface area contributed by atoms with Gasteiger partial charge in [0.15, 0.2) is 0 Å². The number of phenolic OH excluding ortho intramolecular Hbond substituents is 1.